The van der Waals surface area contributed by atoms with Crippen molar-refractivity contribution in [2.24, 2.45) is 5.92 Å². The van der Waals surface area contributed by atoms with Gasteiger partial charge in [0.25, 0.3) is 0 Å². The number of furan rings is 1. The summed E-state index contributed by atoms with van der Waals surface area (Å²) in [5.74, 6) is 1.78. The zero-order valence-corrected chi connectivity index (χ0v) is 11.2. The fourth-order valence-electron chi connectivity index (χ4n) is 2.39. The fraction of sp³-hybridized carbons (Fsp3) is 0.235. The van der Waals surface area contributed by atoms with E-state index in [1.165, 1.54) is 0 Å². The molecule has 1 aliphatic rings. The van der Waals surface area contributed by atoms with Gasteiger partial charge in [0.15, 0.2) is 0 Å². The molecule has 3 nitrogen and oxygen atoms in total. The topological polar surface area (TPSA) is 50.4 Å². The first-order chi connectivity index (χ1) is 9.65. The van der Waals surface area contributed by atoms with Gasteiger partial charge in [-0.2, -0.15) is 0 Å². The van der Waals surface area contributed by atoms with Crippen LogP contribution in [0.2, 0.25) is 0 Å². The smallest absolute Gasteiger partial charge is 0.336 e. The highest BCUT2D eigenvalue weighted by molar-refractivity contribution is 6.20. The summed E-state index contributed by atoms with van der Waals surface area (Å²) in [6, 6.07) is 12.9. The van der Waals surface area contributed by atoms with Crippen LogP contribution in [-0.4, -0.2) is 11.1 Å². The molecule has 102 valence electrons. The minimum absolute atomic E-state index is 0.246. The first kappa shape index (κ1) is 12.7. The molecule has 2 aromatic rings. The van der Waals surface area contributed by atoms with Crippen molar-refractivity contribution in [2.75, 3.05) is 0 Å². The molecule has 0 aliphatic heterocycles. The maximum absolute atomic E-state index is 11.4. The van der Waals surface area contributed by atoms with Crippen LogP contribution in [0.1, 0.15) is 36.3 Å². The third kappa shape index (κ3) is 2.52. The third-order valence-corrected chi connectivity index (χ3v) is 3.72. The van der Waals surface area contributed by atoms with Gasteiger partial charge in [0, 0.05) is 5.92 Å². The van der Waals surface area contributed by atoms with Gasteiger partial charge in [0.1, 0.15) is 11.5 Å². The second-order valence-electron chi connectivity index (χ2n) is 5.29. The number of carboxylic acids is 1. The summed E-state index contributed by atoms with van der Waals surface area (Å²) in [6.45, 7) is 2.19. The van der Waals surface area contributed by atoms with E-state index in [0.29, 0.717) is 23.2 Å². The third-order valence-electron chi connectivity index (χ3n) is 3.72. The van der Waals surface area contributed by atoms with Gasteiger partial charge >= 0.3 is 5.97 Å². The molecule has 2 atom stereocenters. The summed E-state index contributed by atoms with van der Waals surface area (Å²) in [4.78, 5) is 11.4. The maximum atomic E-state index is 11.4. The van der Waals surface area contributed by atoms with Crippen molar-refractivity contribution in [1.82, 2.24) is 0 Å². The molecule has 0 radical (unpaired) electrons. The Morgan fingerprint density at radius 2 is 1.95 bits per heavy atom. The molecule has 0 bridgehead atoms. The summed E-state index contributed by atoms with van der Waals surface area (Å²) in [7, 11) is 0. The highest BCUT2D eigenvalue weighted by Crippen LogP contribution is 2.47. The summed E-state index contributed by atoms with van der Waals surface area (Å²) in [6.07, 6.45) is 2.75. The van der Waals surface area contributed by atoms with E-state index in [1.807, 2.05) is 30.3 Å². The molecule has 0 spiro atoms. The number of rotatable bonds is 4. The monoisotopic (exact) mass is 268 g/mol. The molecule has 0 saturated heterocycles. The van der Waals surface area contributed by atoms with E-state index in [4.69, 9.17) is 4.42 Å². The molecule has 1 fully saturated rings. The van der Waals surface area contributed by atoms with Gasteiger partial charge in [-0.3, -0.25) is 0 Å². The lowest BCUT2D eigenvalue weighted by atomic mass is 10.1. The highest BCUT2D eigenvalue weighted by atomic mass is 16.4. The van der Waals surface area contributed by atoms with Crippen molar-refractivity contribution in [3.05, 3.63) is 59.5 Å². The largest absolute Gasteiger partial charge is 0.478 e. The Morgan fingerprint density at radius 3 is 2.55 bits per heavy atom. The Labute approximate surface area is 117 Å². The molecule has 1 aromatic heterocycles. The van der Waals surface area contributed by atoms with Crippen molar-refractivity contribution in [1.29, 1.82) is 0 Å². The lowest BCUT2D eigenvalue weighted by Crippen LogP contribution is -1.99. The molecule has 1 N–H and O–H groups in total. The van der Waals surface area contributed by atoms with Gasteiger partial charge in [-0.15, -0.1) is 0 Å². The molecule has 20 heavy (non-hydrogen) atoms. The predicted molar refractivity (Wildman–Crippen MR) is 77.2 cm³/mol. The van der Waals surface area contributed by atoms with Crippen molar-refractivity contribution in [3.63, 3.8) is 0 Å². The quantitative estimate of drug-likeness (QED) is 0.852. The molecule has 2 unspecified atom stereocenters. The average Bonchev–Trinajstić information content (AvgIpc) is 3.00. The van der Waals surface area contributed by atoms with Gasteiger partial charge in [-0.05, 0) is 36.1 Å². The van der Waals surface area contributed by atoms with E-state index < -0.39 is 5.97 Å². The Balaban J connectivity index is 1.91. The van der Waals surface area contributed by atoms with Gasteiger partial charge in [-0.25, -0.2) is 4.79 Å². The molecule has 1 aromatic carbocycles. The molecule has 1 heterocycles. The minimum atomic E-state index is -0.950. The Kier molecular flexibility index (Phi) is 3.18. The maximum Gasteiger partial charge on any atom is 0.336 e. The summed E-state index contributed by atoms with van der Waals surface area (Å²) < 4.78 is 5.74. The lowest BCUT2D eigenvalue weighted by molar-refractivity contribution is -0.130. The first-order valence-electron chi connectivity index (χ1n) is 6.75. The van der Waals surface area contributed by atoms with Crippen LogP contribution in [0.25, 0.3) is 11.6 Å². The Bertz CT molecular complexity index is 652. The molecule has 1 saturated carbocycles. The zero-order chi connectivity index (χ0) is 14.1. The number of hydrogen-bond donors (Lipinski definition) is 1. The van der Waals surface area contributed by atoms with Crippen LogP contribution in [0.4, 0.5) is 0 Å². The molecule has 3 heteroatoms. The van der Waals surface area contributed by atoms with E-state index >= 15 is 0 Å². The van der Waals surface area contributed by atoms with Crippen molar-refractivity contribution in [2.45, 2.75) is 19.3 Å². The average molecular weight is 268 g/mol. The van der Waals surface area contributed by atoms with Crippen LogP contribution in [0, 0.1) is 5.92 Å². The summed E-state index contributed by atoms with van der Waals surface area (Å²) in [5.41, 5.74) is 0.924. The van der Waals surface area contributed by atoms with E-state index in [9.17, 15) is 9.90 Å². The number of carboxylic acid groups (broad SMARTS) is 1. The van der Waals surface area contributed by atoms with Crippen LogP contribution < -0.4 is 0 Å². The van der Waals surface area contributed by atoms with Crippen molar-refractivity contribution < 1.29 is 14.3 Å². The minimum Gasteiger partial charge on any atom is -0.478 e. The second kappa shape index (κ2) is 5.00. The number of carbonyl (C=O) groups is 1. The molecule has 3 rings (SSSR count). The summed E-state index contributed by atoms with van der Waals surface area (Å²) >= 11 is 0. The normalized spacial score (nSPS) is 21.8. The van der Waals surface area contributed by atoms with E-state index in [2.05, 4.69) is 6.92 Å². The Morgan fingerprint density at radius 1 is 1.25 bits per heavy atom. The second-order valence-corrected chi connectivity index (χ2v) is 5.29. The van der Waals surface area contributed by atoms with E-state index in [0.717, 1.165) is 12.2 Å². The van der Waals surface area contributed by atoms with Crippen LogP contribution in [-0.2, 0) is 4.79 Å². The van der Waals surface area contributed by atoms with E-state index in [-0.39, 0.29) is 5.57 Å². The highest BCUT2D eigenvalue weighted by Gasteiger charge is 2.36. The molecular weight excluding hydrogens is 252 g/mol. The SMILES string of the molecule is CC1CC1c1ccc(/C=C(\C(=O)O)c2ccccc2)o1. The van der Waals surface area contributed by atoms with Crippen molar-refractivity contribution in [3.8, 4) is 0 Å². The van der Waals surface area contributed by atoms with Gasteiger partial charge in [0.05, 0.1) is 5.57 Å². The zero-order valence-electron chi connectivity index (χ0n) is 11.2. The van der Waals surface area contributed by atoms with Gasteiger partial charge < -0.3 is 9.52 Å². The Hall–Kier alpha value is -2.29. The number of benzene rings is 1. The van der Waals surface area contributed by atoms with Crippen LogP contribution in [0.3, 0.4) is 0 Å². The summed E-state index contributed by atoms with van der Waals surface area (Å²) in [5, 5.41) is 9.35. The molecule has 0 amide bonds. The lowest BCUT2D eigenvalue weighted by Gasteiger charge is -2.01. The van der Waals surface area contributed by atoms with Gasteiger partial charge in [0.2, 0.25) is 0 Å². The van der Waals surface area contributed by atoms with Crippen molar-refractivity contribution >= 4 is 17.6 Å². The number of aliphatic carboxylic acids is 1. The molecular formula is C17H16O3. The fourth-order valence-corrected chi connectivity index (χ4v) is 2.39. The standard InChI is InChI=1S/C17H16O3/c1-11-9-14(11)16-8-7-13(20-16)10-15(17(18)19)12-5-3-2-4-6-12/h2-8,10-11,14H,9H2,1H3,(H,18,19)/b15-10-. The van der Waals surface area contributed by atoms with Crippen LogP contribution in [0.5, 0.6) is 0 Å². The number of hydrogen-bond acceptors (Lipinski definition) is 2. The predicted octanol–water partition coefficient (Wildman–Crippen LogP) is 4.03. The van der Waals surface area contributed by atoms with E-state index in [1.54, 1.807) is 18.2 Å². The molecule has 1 aliphatic carbocycles. The van der Waals surface area contributed by atoms with Gasteiger partial charge in [-0.1, -0.05) is 37.3 Å². The van der Waals surface area contributed by atoms with Crippen LogP contribution in [0.15, 0.2) is 46.9 Å². The first-order valence-corrected chi connectivity index (χ1v) is 6.75. The van der Waals surface area contributed by atoms with Crippen LogP contribution >= 0.6 is 0 Å².